The zero-order valence-corrected chi connectivity index (χ0v) is 10.3. The third-order valence-corrected chi connectivity index (χ3v) is 4.16. The van der Waals surface area contributed by atoms with Crippen molar-refractivity contribution in [2.75, 3.05) is 0 Å². The average Bonchev–Trinajstić information content (AvgIpc) is 2.96. The molecule has 1 saturated carbocycles. The first-order valence-electron chi connectivity index (χ1n) is 6.15. The van der Waals surface area contributed by atoms with E-state index in [1.165, 1.54) is 35.1 Å². The molecule has 0 spiro atoms. The fraction of sp³-hybridized carbons (Fsp3) is 0.375. The Kier molecular flexibility index (Phi) is 1.92. The zero-order chi connectivity index (χ0) is 11.3. The molecule has 0 saturated heterocycles. The van der Waals surface area contributed by atoms with E-state index in [0.717, 1.165) is 0 Å². The van der Waals surface area contributed by atoms with E-state index in [2.05, 4.69) is 51.1 Å². The Morgan fingerprint density at radius 2 is 1.75 bits per heavy atom. The summed E-state index contributed by atoms with van der Waals surface area (Å²) >= 11 is 0. The maximum Gasteiger partial charge on any atom is -0.00657 e. The van der Waals surface area contributed by atoms with Gasteiger partial charge in [0.25, 0.3) is 0 Å². The Morgan fingerprint density at radius 3 is 2.31 bits per heavy atom. The van der Waals surface area contributed by atoms with Crippen molar-refractivity contribution < 1.29 is 0 Å². The van der Waals surface area contributed by atoms with Crippen molar-refractivity contribution in [2.45, 2.75) is 33.6 Å². The molecule has 0 unspecified atom stereocenters. The molecule has 0 aromatic heterocycles. The summed E-state index contributed by atoms with van der Waals surface area (Å²) in [4.78, 5) is 0. The van der Waals surface area contributed by atoms with Crippen LogP contribution in [0.15, 0.2) is 35.9 Å². The summed E-state index contributed by atoms with van der Waals surface area (Å²) in [5, 5.41) is 0. The van der Waals surface area contributed by atoms with Crippen molar-refractivity contribution in [2.24, 2.45) is 5.41 Å². The van der Waals surface area contributed by atoms with E-state index in [1.54, 1.807) is 5.57 Å². The molecular formula is C16H18. The molecule has 0 atom stereocenters. The number of rotatable bonds is 1. The quantitative estimate of drug-likeness (QED) is 0.631. The average molecular weight is 210 g/mol. The molecule has 0 aliphatic heterocycles. The van der Waals surface area contributed by atoms with Gasteiger partial charge in [-0.2, -0.15) is 0 Å². The fourth-order valence-corrected chi connectivity index (χ4v) is 3.03. The smallest absolute Gasteiger partial charge is 0.00657 e. The third kappa shape index (κ3) is 1.16. The molecule has 0 heteroatoms. The predicted molar refractivity (Wildman–Crippen MR) is 70.0 cm³/mol. The highest BCUT2D eigenvalue weighted by molar-refractivity contribution is 6.00. The van der Waals surface area contributed by atoms with Crippen LogP contribution in [-0.2, 0) is 0 Å². The van der Waals surface area contributed by atoms with Gasteiger partial charge in [0.05, 0.1) is 0 Å². The van der Waals surface area contributed by atoms with E-state index in [4.69, 9.17) is 0 Å². The van der Waals surface area contributed by atoms with Crippen LogP contribution in [0.5, 0.6) is 0 Å². The Balaban J connectivity index is 2.25. The number of allylic oxidation sites excluding steroid dienone is 4. The van der Waals surface area contributed by atoms with E-state index in [1.807, 2.05) is 0 Å². The summed E-state index contributed by atoms with van der Waals surface area (Å²) in [6.07, 6.45) is 4.99. The van der Waals surface area contributed by atoms with Gasteiger partial charge in [-0.1, -0.05) is 37.3 Å². The van der Waals surface area contributed by atoms with Gasteiger partial charge in [0, 0.05) is 0 Å². The summed E-state index contributed by atoms with van der Waals surface area (Å²) in [5.41, 5.74) is 7.93. The van der Waals surface area contributed by atoms with E-state index in [-0.39, 0.29) is 0 Å². The third-order valence-electron chi connectivity index (χ3n) is 4.16. The van der Waals surface area contributed by atoms with Gasteiger partial charge in [0.15, 0.2) is 0 Å². The summed E-state index contributed by atoms with van der Waals surface area (Å²) in [5.74, 6) is 0. The Bertz CT molecular complexity index is 511. The van der Waals surface area contributed by atoms with Gasteiger partial charge in [0.1, 0.15) is 0 Å². The van der Waals surface area contributed by atoms with Crippen LogP contribution in [0.25, 0.3) is 11.1 Å². The standard InChI is InChI=1S/C16H18/c1-4-12-14-8-6-5-7-13(14)11(2)15(12)16(3)9-10-16/h4-8H,9-10H2,1-3H3/b12-4+. The van der Waals surface area contributed by atoms with Crippen molar-refractivity contribution in [3.63, 3.8) is 0 Å². The van der Waals surface area contributed by atoms with E-state index in [9.17, 15) is 0 Å². The molecule has 0 bridgehead atoms. The molecule has 0 amide bonds. The van der Waals surface area contributed by atoms with Gasteiger partial charge in [0.2, 0.25) is 0 Å². The Labute approximate surface area is 97.7 Å². The molecule has 16 heavy (non-hydrogen) atoms. The second-order valence-electron chi connectivity index (χ2n) is 5.31. The molecular weight excluding hydrogens is 192 g/mol. The molecule has 0 radical (unpaired) electrons. The van der Waals surface area contributed by atoms with Crippen molar-refractivity contribution in [1.29, 1.82) is 0 Å². The normalized spacial score (nSPS) is 23.8. The molecule has 1 aromatic carbocycles. The lowest BCUT2D eigenvalue weighted by Gasteiger charge is -2.14. The van der Waals surface area contributed by atoms with Crippen LogP contribution in [0.4, 0.5) is 0 Å². The van der Waals surface area contributed by atoms with Crippen molar-refractivity contribution in [3.05, 3.63) is 47.0 Å². The molecule has 3 rings (SSSR count). The molecule has 2 aliphatic rings. The summed E-state index contributed by atoms with van der Waals surface area (Å²) in [7, 11) is 0. The number of fused-ring (bicyclic) bond motifs is 1. The van der Waals surface area contributed by atoms with Gasteiger partial charge in [-0.05, 0) is 60.0 Å². The predicted octanol–water partition coefficient (Wildman–Crippen LogP) is 4.68. The minimum absolute atomic E-state index is 0.463. The van der Waals surface area contributed by atoms with Gasteiger partial charge in [-0.3, -0.25) is 0 Å². The molecule has 1 aromatic rings. The highest BCUT2D eigenvalue weighted by atomic mass is 14.5. The highest BCUT2D eigenvalue weighted by Gasteiger charge is 2.45. The first-order chi connectivity index (χ1) is 7.67. The number of hydrogen-bond acceptors (Lipinski definition) is 0. The molecule has 1 fully saturated rings. The van der Waals surface area contributed by atoms with Crippen molar-refractivity contribution in [1.82, 2.24) is 0 Å². The maximum absolute atomic E-state index is 2.40. The van der Waals surface area contributed by atoms with Gasteiger partial charge >= 0.3 is 0 Å². The lowest BCUT2D eigenvalue weighted by Crippen LogP contribution is -1.99. The van der Waals surface area contributed by atoms with Gasteiger partial charge in [-0.15, -0.1) is 0 Å². The summed E-state index contributed by atoms with van der Waals surface area (Å²) in [6, 6.07) is 8.81. The molecule has 0 heterocycles. The SMILES string of the molecule is C/C=C1/C(C2(C)CC2)=C(C)c2ccccc21. The van der Waals surface area contributed by atoms with Crippen LogP contribution in [-0.4, -0.2) is 0 Å². The Morgan fingerprint density at radius 1 is 1.12 bits per heavy atom. The van der Waals surface area contributed by atoms with Crippen LogP contribution in [0.2, 0.25) is 0 Å². The maximum atomic E-state index is 2.40. The van der Waals surface area contributed by atoms with Crippen LogP contribution in [0.1, 0.15) is 44.7 Å². The summed E-state index contributed by atoms with van der Waals surface area (Å²) < 4.78 is 0. The second kappa shape index (κ2) is 3.10. The minimum atomic E-state index is 0.463. The van der Waals surface area contributed by atoms with Gasteiger partial charge in [-0.25, -0.2) is 0 Å². The van der Waals surface area contributed by atoms with E-state index in [0.29, 0.717) is 5.41 Å². The first-order valence-corrected chi connectivity index (χ1v) is 6.15. The fourth-order valence-electron chi connectivity index (χ4n) is 3.03. The number of benzene rings is 1. The molecule has 82 valence electrons. The molecule has 0 nitrogen and oxygen atoms in total. The summed E-state index contributed by atoms with van der Waals surface area (Å²) in [6.45, 7) is 6.85. The lowest BCUT2D eigenvalue weighted by molar-refractivity contribution is 0.718. The lowest BCUT2D eigenvalue weighted by atomic mass is 9.90. The molecule has 0 N–H and O–H groups in total. The largest absolute Gasteiger partial charge is 0.0795 e. The van der Waals surface area contributed by atoms with Crippen molar-refractivity contribution >= 4 is 11.1 Å². The van der Waals surface area contributed by atoms with Crippen LogP contribution in [0, 0.1) is 5.41 Å². The van der Waals surface area contributed by atoms with Crippen LogP contribution in [0.3, 0.4) is 0 Å². The van der Waals surface area contributed by atoms with Gasteiger partial charge < -0.3 is 0 Å². The Hall–Kier alpha value is -1.30. The zero-order valence-electron chi connectivity index (χ0n) is 10.3. The van der Waals surface area contributed by atoms with Crippen LogP contribution < -0.4 is 0 Å². The number of hydrogen-bond donors (Lipinski definition) is 0. The van der Waals surface area contributed by atoms with Crippen molar-refractivity contribution in [3.8, 4) is 0 Å². The van der Waals surface area contributed by atoms with E-state index < -0.39 is 0 Å². The highest BCUT2D eigenvalue weighted by Crippen LogP contribution is 2.60. The minimum Gasteiger partial charge on any atom is -0.0795 e. The van der Waals surface area contributed by atoms with Crippen LogP contribution >= 0.6 is 0 Å². The molecule has 2 aliphatic carbocycles. The monoisotopic (exact) mass is 210 g/mol. The first kappa shape index (κ1) is 9.89. The topological polar surface area (TPSA) is 0 Å². The second-order valence-corrected chi connectivity index (χ2v) is 5.31. The van der Waals surface area contributed by atoms with E-state index >= 15 is 0 Å².